The number of halogens is 2. The van der Waals surface area contributed by atoms with Gasteiger partial charge in [0.1, 0.15) is 5.82 Å². The molecule has 100 valence electrons. The topological polar surface area (TPSA) is 24.9 Å². The Bertz CT molecular complexity index is 733. The van der Waals surface area contributed by atoms with E-state index >= 15 is 0 Å². The Morgan fingerprint density at radius 2 is 1.85 bits per heavy atom. The SMILES string of the molecule is Fc1cccc(Cl)c1NCc1cccc2cccnc12. The van der Waals surface area contributed by atoms with Gasteiger partial charge in [-0.05, 0) is 23.8 Å². The van der Waals surface area contributed by atoms with Crippen molar-refractivity contribution in [3.63, 3.8) is 0 Å². The molecular formula is C16H12ClFN2. The van der Waals surface area contributed by atoms with Crippen molar-refractivity contribution >= 4 is 28.2 Å². The molecule has 3 rings (SSSR count). The number of pyridine rings is 1. The Balaban J connectivity index is 1.91. The maximum absolute atomic E-state index is 13.7. The van der Waals surface area contributed by atoms with Crippen molar-refractivity contribution in [2.24, 2.45) is 0 Å². The molecule has 0 atom stereocenters. The molecule has 3 aromatic rings. The lowest BCUT2D eigenvalue weighted by molar-refractivity contribution is 0.630. The van der Waals surface area contributed by atoms with Crippen molar-refractivity contribution < 1.29 is 4.39 Å². The molecule has 0 spiro atoms. The van der Waals surface area contributed by atoms with Crippen LogP contribution in [-0.2, 0) is 6.54 Å². The van der Waals surface area contributed by atoms with Gasteiger partial charge in [0.2, 0.25) is 0 Å². The third kappa shape index (κ3) is 2.45. The number of anilines is 1. The number of hydrogen-bond acceptors (Lipinski definition) is 2. The van der Waals surface area contributed by atoms with Crippen LogP contribution in [0.15, 0.2) is 54.7 Å². The second kappa shape index (κ2) is 5.47. The zero-order valence-corrected chi connectivity index (χ0v) is 11.4. The van der Waals surface area contributed by atoms with E-state index in [1.54, 1.807) is 18.3 Å². The number of para-hydroxylation sites is 2. The van der Waals surface area contributed by atoms with Gasteiger partial charge in [-0.2, -0.15) is 0 Å². The molecule has 0 radical (unpaired) electrons. The first kappa shape index (κ1) is 12.9. The first-order chi connectivity index (χ1) is 9.75. The van der Waals surface area contributed by atoms with Crippen LogP contribution in [0.25, 0.3) is 10.9 Å². The molecule has 0 aliphatic rings. The van der Waals surface area contributed by atoms with Crippen LogP contribution in [0.5, 0.6) is 0 Å². The van der Waals surface area contributed by atoms with Crippen LogP contribution in [0.1, 0.15) is 5.56 Å². The Kier molecular flexibility index (Phi) is 3.52. The van der Waals surface area contributed by atoms with Crippen LogP contribution in [0.3, 0.4) is 0 Å². The molecule has 2 aromatic carbocycles. The largest absolute Gasteiger partial charge is 0.377 e. The summed E-state index contributed by atoms with van der Waals surface area (Å²) in [6, 6.07) is 14.5. The summed E-state index contributed by atoms with van der Waals surface area (Å²) >= 11 is 6.00. The van der Waals surface area contributed by atoms with E-state index in [1.807, 2.05) is 30.3 Å². The molecule has 0 bridgehead atoms. The summed E-state index contributed by atoms with van der Waals surface area (Å²) < 4.78 is 13.7. The number of aromatic nitrogens is 1. The normalized spacial score (nSPS) is 10.7. The van der Waals surface area contributed by atoms with Gasteiger partial charge in [0, 0.05) is 18.1 Å². The lowest BCUT2D eigenvalue weighted by Crippen LogP contribution is -2.03. The predicted octanol–water partition coefficient (Wildman–Crippen LogP) is 4.64. The van der Waals surface area contributed by atoms with Crippen molar-refractivity contribution in [2.45, 2.75) is 6.54 Å². The fraction of sp³-hybridized carbons (Fsp3) is 0.0625. The minimum Gasteiger partial charge on any atom is -0.377 e. The van der Waals surface area contributed by atoms with Gasteiger partial charge in [-0.1, -0.05) is 41.9 Å². The van der Waals surface area contributed by atoms with Crippen LogP contribution < -0.4 is 5.32 Å². The van der Waals surface area contributed by atoms with Crippen molar-refractivity contribution in [1.29, 1.82) is 0 Å². The summed E-state index contributed by atoms with van der Waals surface area (Å²) in [5.41, 5.74) is 2.24. The molecule has 1 N–H and O–H groups in total. The van der Waals surface area contributed by atoms with Gasteiger partial charge in [0.05, 0.1) is 16.2 Å². The highest BCUT2D eigenvalue weighted by Crippen LogP contribution is 2.26. The maximum Gasteiger partial charge on any atom is 0.147 e. The summed E-state index contributed by atoms with van der Waals surface area (Å²) in [6.45, 7) is 0.467. The second-order valence-corrected chi connectivity index (χ2v) is 4.85. The highest BCUT2D eigenvalue weighted by Gasteiger charge is 2.07. The monoisotopic (exact) mass is 286 g/mol. The molecule has 0 amide bonds. The number of rotatable bonds is 3. The Morgan fingerprint density at radius 3 is 2.70 bits per heavy atom. The average molecular weight is 287 g/mol. The number of nitrogens with one attached hydrogen (secondary N) is 1. The van der Waals surface area contributed by atoms with E-state index in [9.17, 15) is 4.39 Å². The molecule has 2 nitrogen and oxygen atoms in total. The highest BCUT2D eigenvalue weighted by molar-refractivity contribution is 6.33. The third-order valence-corrected chi connectivity index (χ3v) is 3.45. The number of nitrogens with zero attached hydrogens (tertiary/aromatic N) is 1. The van der Waals surface area contributed by atoms with Crippen LogP contribution in [0, 0.1) is 5.82 Å². The van der Waals surface area contributed by atoms with E-state index in [4.69, 9.17) is 11.6 Å². The molecule has 0 saturated heterocycles. The quantitative estimate of drug-likeness (QED) is 0.759. The third-order valence-electron chi connectivity index (χ3n) is 3.13. The standard InChI is InChI=1S/C16H12ClFN2/c17-13-7-2-8-14(18)16(13)20-10-12-5-1-4-11-6-3-9-19-15(11)12/h1-9,20H,10H2. The van der Waals surface area contributed by atoms with Gasteiger partial charge >= 0.3 is 0 Å². The average Bonchev–Trinajstić information content (AvgIpc) is 2.47. The van der Waals surface area contributed by atoms with E-state index in [1.165, 1.54) is 6.07 Å². The zero-order valence-electron chi connectivity index (χ0n) is 10.6. The lowest BCUT2D eigenvalue weighted by atomic mass is 10.1. The van der Waals surface area contributed by atoms with Crippen molar-refractivity contribution in [1.82, 2.24) is 4.98 Å². The number of hydrogen-bond donors (Lipinski definition) is 1. The molecule has 0 saturated carbocycles. The minimum absolute atomic E-state index is 0.321. The Hall–Kier alpha value is -2.13. The number of benzene rings is 2. The molecule has 1 heterocycles. The highest BCUT2D eigenvalue weighted by atomic mass is 35.5. The van der Waals surface area contributed by atoms with Gasteiger partial charge < -0.3 is 5.32 Å². The van der Waals surface area contributed by atoms with Crippen molar-refractivity contribution in [2.75, 3.05) is 5.32 Å². The van der Waals surface area contributed by atoms with E-state index in [2.05, 4.69) is 10.3 Å². The van der Waals surface area contributed by atoms with Gasteiger partial charge in [-0.3, -0.25) is 4.98 Å². The molecule has 20 heavy (non-hydrogen) atoms. The molecule has 0 unspecified atom stereocenters. The molecule has 4 heteroatoms. The molecular weight excluding hydrogens is 275 g/mol. The van der Waals surface area contributed by atoms with E-state index in [0.717, 1.165) is 16.5 Å². The Labute approximate surface area is 121 Å². The van der Waals surface area contributed by atoms with E-state index in [0.29, 0.717) is 17.3 Å². The lowest BCUT2D eigenvalue weighted by Gasteiger charge is -2.10. The fourth-order valence-corrected chi connectivity index (χ4v) is 2.39. The summed E-state index contributed by atoms with van der Waals surface area (Å²) in [6.07, 6.45) is 1.75. The summed E-state index contributed by atoms with van der Waals surface area (Å²) in [5, 5.41) is 4.48. The van der Waals surface area contributed by atoms with Gasteiger partial charge in [-0.25, -0.2) is 4.39 Å². The van der Waals surface area contributed by atoms with Crippen LogP contribution in [-0.4, -0.2) is 4.98 Å². The summed E-state index contributed by atoms with van der Waals surface area (Å²) in [7, 11) is 0. The molecule has 1 aromatic heterocycles. The van der Waals surface area contributed by atoms with Crippen LogP contribution in [0.2, 0.25) is 5.02 Å². The van der Waals surface area contributed by atoms with Gasteiger partial charge in [0.25, 0.3) is 0 Å². The number of fused-ring (bicyclic) bond motifs is 1. The van der Waals surface area contributed by atoms with Gasteiger partial charge in [0.15, 0.2) is 0 Å². The van der Waals surface area contributed by atoms with Crippen LogP contribution >= 0.6 is 11.6 Å². The minimum atomic E-state index is -0.356. The summed E-state index contributed by atoms with van der Waals surface area (Å²) in [4.78, 5) is 4.37. The molecule has 0 aliphatic carbocycles. The maximum atomic E-state index is 13.7. The molecule has 0 aliphatic heterocycles. The van der Waals surface area contributed by atoms with Crippen LogP contribution in [0.4, 0.5) is 10.1 Å². The molecule has 0 fully saturated rings. The second-order valence-electron chi connectivity index (χ2n) is 4.44. The summed E-state index contributed by atoms with van der Waals surface area (Å²) in [5.74, 6) is -0.356. The zero-order chi connectivity index (χ0) is 13.9. The van der Waals surface area contributed by atoms with Gasteiger partial charge in [-0.15, -0.1) is 0 Å². The first-order valence-electron chi connectivity index (χ1n) is 6.26. The fourth-order valence-electron chi connectivity index (χ4n) is 2.16. The first-order valence-corrected chi connectivity index (χ1v) is 6.64. The van der Waals surface area contributed by atoms with Crippen molar-refractivity contribution in [3.8, 4) is 0 Å². The predicted molar refractivity (Wildman–Crippen MR) is 80.5 cm³/mol. The van der Waals surface area contributed by atoms with Crippen molar-refractivity contribution in [3.05, 3.63) is 71.1 Å². The smallest absolute Gasteiger partial charge is 0.147 e. The Morgan fingerprint density at radius 1 is 1.05 bits per heavy atom. The van der Waals surface area contributed by atoms with E-state index < -0.39 is 0 Å². The van der Waals surface area contributed by atoms with E-state index in [-0.39, 0.29) is 5.82 Å².